The highest BCUT2D eigenvalue weighted by Gasteiger charge is 2.07. The van der Waals surface area contributed by atoms with Gasteiger partial charge < -0.3 is 5.32 Å². The molecule has 0 aliphatic rings. The second-order valence-electron chi connectivity index (χ2n) is 4.43. The summed E-state index contributed by atoms with van der Waals surface area (Å²) in [5, 5.41) is 9.74. The SMILES string of the molecule is O=C(NCCSc1cccc2nccn12)c1ccc(=O)[nH]n1. The number of amides is 1. The van der Waals surface area contributed by atoms with Gasteiger partial charge in [0.1, 0.15) is 11.3 Å². The first-order chi connectivity index (χ1) is 10.7. The summed E-state index contributed by atoms with van der Waals surface area (Å²) in [5.74, 6) is 0.407. The van der Waals surface area contributed by atoms with Crippen LogP contribution in [-0.4, -0.2) is 37.8 Å². The minimum atomic E-state index is -0.333. The van der Waals surface area contributed by atoms with Crippen LogP contribution in [0.4, 0.5) is 0 Å². The smallest absolute Gasteiger partial charge is 0.271 e. The van der Waals surface area contributed by atoms with Crippen molar-refractivity contribution in [3.05, 3.63) is 58.8 Å². The van der Waals surface area contributed by atoms with Crippen LogP contribution in [0.15, 0.2) is 52.5 Å². The number of pyridine rings is 1. The van der Waals surface area contributed by atoms with Crippen LogP contribution in [-0.2, 0) is 0 Å². The van der Waals surface area contributed by atoms with E-state index in [1.54, 1.807) is 18.0 Å². The van der Waals surface area contributed by atoms with E-state index in [0.29, 0.717) is 12.3 Å². The number of aromatic amines is 1. The third-order valence-electron chi connectivity index (χ3n) is 2.94. The first-order valence-corrected chi connectivity index (χ1v) is 7.61. The molecule has 0 aliphatic carbocycles. The number of imidazole rings is 1. The molecule has 0 spiro atoms. The summed E-state index contributed by atoms with van der Waals surface area (Å²) in [6.07, 6.45) is 3.66. The van der Waals surface area contributed by atoms with Gasteiger partial charge in [-0.15, -0.1) is 11.8 Å². The summed E-state index contributed by atoms with van der Waals surface area (Å²) in [5.41, 5.74) is 0.758. The maximum absolute atomic E-state index is 11.8. The number of aromatic nitrogens is 4. The number of hydrogen-bond donors (Lipinski definition) is 2. The molecule has 3 rings (SSSR count). The number of nitrogens with one attached hydrogen (secondary N) is 2. The predicted molar refractivity (Wildman–Crippen MR) is 83.1 cm³/mol. The molecule has 0 saturated carbocycles. The number of hydrogen-bond acceptors (Lipinski definition) is 5. The van der Waals surface area contributed by atoms with E-state index in [-0.39, 0.29) is 17.2 Å². The Balaban J connectivity index is 1.53. The number of carbonyl (C=O) groups excluding carboxylic acids is 1. The van der Waals surface area contributed by atoms with Crippen LogP contribution < -0.4 is 10.9 Å². The van der Waals surface area contributed by atoms with Crippen molar-refractivity contribution in [2.45, 2.75) is 5.03 Å². The fraction of sp³-hybridized carbons (Fsp3) is 0.143. The van der Waals surface area contributed by atoms with E-state index in [2.05, 4.69) is 20.5 Å². The van der Waals surface area contributed by atoms with Crippen molar-refractivity contribution >= 4 is 23.3 Å². The van der Waals surface area contributed by atoms with E-state index >= 15 is 0 Å². The van der Waals surface area contributed by atoms with E-state index in [1.807, 2.05) is 28.8 Å². The molecular formula is C14H13N5O2S. The van der Waals surface area contributed by atoms with Gasteiger partial charge in [0.2, 0.25) is 0 Å². The van der Waals surface area contributed by atoms with Gasteiger partial charge in [0.05, 0.1) is 5.03 Å². The van der Waals surface area contributed by atoms with Gasteiger partial charge in [-0.25, -0.2) is 10.1 Å². The summed E-state index contributed by atoms with van der Waals surface area (Å²) < 4.78 is 2.00. The molecule has 0 unspecified atom stereocenters. The molecule has 0 aromatic carbocycles. The standard InChI is InChI=1S/C14H13N5O2S/c20-12-5-4-10(17-18-12)14(21)16-7-9-22-13-3-1-2-11-15-6-8-19(11)13/h1-6,8H,7,9H2,(H,16,21)(H,18,20). The average Bonchev–Trinajstić information content (AvgIpc) is 3.01. The summed E-state index contributed by atoms with van der Waals surface area (Å²) in [6.45, 7) is 0.495. The molecule has 0 saturated heterocycles. The van der Waals surface area contributed by atoms with Crippen LogP contribution in [0.5, 0.6) is 0 Å². The van der Waals surface area contributed by atoms with Gasteiger partial charge in [-0.1, -0.05) is 6.07 Å². The zero-order valence-electron chi connectivity index (χ0n) is 11.5. The monoisotopic (exact) mass is 315 g/mol. The summed E-state index contributed by atoms with van der Waals surface area (Å²) in [7, 11) is 0. The Morgan fingerprint density at radius 2 is 2.23 bits per heavy atom. The highest BCUT2D eigenvalue weighted by molar-refractivity contribution is 7.99. The molecule has 3 heterocycles. The molecule has 0 atom stereocenters. The lowest BCUT2D eigenvalue weighted by atomic mass is 10.4. The molecule has 3 aromatic heterocycles. The maximum atomic E-state index is 11.8. The van der Waals surface area contributed by atoms with Gasteiger partial charge in [-0.05, 0) is 18.2 Å². The number of carbonyl (C=O) groups is 1. The molecule has 8 heteroatoms. The van der Waals surface area contributed by atoms with E-state index in [9.17, 15) is 9.59 Å². The normalized spacial score (nSPS) is 10.7. The molecule has 3 aromatic rings. The number of fused-ring (bicyclic) bond motifs is 1. The van der Waals surface area contributed by atoms with E-state index in [0.717, 1.165) is 10.7 Å². The van der Waals surface area contributed by atoms with Gasteiger partial charge in [0.15, 0.2) is 0 Å². The number of thioether (sulfide) groups is 1. The lowest BCUT2D eigenvalue weighted by Gasteiger charge is -2.06. The molecule has 0 radical (unpaired) electrons. The Morgan fingerprint density at radius 3 is 3.05 bits per heavy atom. The molecule has 0 fully saturated rings. The van der Waals surface area contributed by atoms with Crippen LogP contribution in [0.3, 0.4) is 0 Å². The first-order valence-electron chi connectivity index (χ1n) is 6.63. The van der Waals surface area contributed by atoms with Crippen molar-refractivity contribution in [2.75, 3.05) is 12.3 Å². The van der Waals surface area contributed by atoms with Gasteiger partial charge in [-0.3, -0.25) is 14.0 Å². The van der Waals surface area contributed by atoms with Crippen molar-refractivity contribution < 1.29 is 4.79 Å². The second-order valence-corrected chi connectivity index (χ2v) is 5.55. The summed E-state index contributed by atoms with van der Waals surface area (Å²) >= 11 is 1.62. The summed E-state index contributed by atoms with van der Waals surface area (Å²) in [4.78, 5) is 26.9. The third-order valence-corrected chi connectivity index (χ3v) is 3.98. The number of nitrogens with zero attached hydrogens (tertiary/aromatic N) is 3. The number of rotatable bonds is 5. The maximum Gasteiger partial charge on any atom is 0.271 e. The van der Waals surface area contributed by atoms with Crippen LogP contribution in [0, 0.1) is 0 Å². The van der Waals surface area contributed by atoms with Crippen molar-refractivity contribution in [1.29, 1.82) is 0 Å². The minimum Gasteiger partial charge on any atom is -0.350 e. The van der Waals surface area contributed by atoms with Crippen LogP contribution >= 0.6 is 11.8 Å². The molecule has 2 N–H and O–H groups in total. The Kier molecular flexibility index (Phi) is 4.19. The third kappa shape index (κ3) is 3.17. The van der Waals surface area contributed by atoms with Crippen LogP contribution in [0.25, 0.3) is 5.65 Å². The number of H-pyrrole nitrogens is 1. The lowest BCUT2D eigenvalue weighted by Crippen LogP contribution is -2.27. The average molecular weight is 315 g/mol. The van der Waals surface area contributed by atoms with Gasteiger partial charge >= 0.3 is 0 Å². The quantitative estimate of drug-likeness (QED) is 0.540. The topological polar surface area (TPSA) is 92.2 Å². The zero-order chi connectivity index (χ0) is 15.4. The Hall–Kier alpha value is -2.61. The molecule has 0 bridgehead atoms. The van der Waals surface area contributed by atoms with Gasteiger partial charge in [0.25, 0.3) is 11.5 Å². The van der Waals surface area contributed by atoms with Gasteiger partial charge in [-0.2, -0.15) is 5.10 Å². The van der Waals surface area contributed by atoms with Crippen molar-refractivity contribution in [2.24, 2.45) is 0 Å². The fourth-order valence-electron chi connectivity index (χ4n) is 1.92. The zero-order valence-corrected chi connectivity index (χ0v) is 12.3. The van der Waals surface area contributed by atoms with Crippen LogP contribution in [0.1, 0.15) is 10.5 Å². The van der Waals surface area contributed by atoms with Crippen molar-refractivity contribution in [3.8, 4) is 0 Å². The van der Waals surface area contributed by atoms with E-state index in [1.165, 1.54) is 12.1 Å². The highest BCUT2D eigenvalue weighted by Crippen LogP contribution is 2.18. The Labute approximate surface area is 129 Å². The second kappa shape index (κ2) is 6.44. The first kappa shape index (κ1) is 14.3. The van der Waals surface area contributed by atoms with Crippen molar-refractivity contribution in [3.63, 3.8) is 0 Å². The van der Waals surface area contributed by atoms with Gasteiger partial charge in [0, 0.05) is 30.8 Å². The Bertz CT molecular complexity index is 837. The highest BCUT2D eigenvalue weighted by atomic mass is 32.2. The van der Waals surface area contributed by atoms with E-state index < -0.39 is 0 Å². The molecule has 1 amide bonds. The Morgan fingerprint density at radius 1 is 1.32 bits per heavy atom. The van der Waals surface area contributed by atoms with Crippen molar-refractivity contribution in [1.82, 2.24) is 24.9 Å². The van der Waals surface area contributed by atoms with Crippen LogP contribution in [0.2, 0.25) is 0 Å². The lowest BCUT2D eigenvalue weighted by molar-refractivity contribution is 0.0950. The molecule has 22 heavy (non-hydrogen) atoms. The molecule has 0 aliphatic heterocycles. The van der Waals surface area contributed by atoms with E-state index in [4.69, 9.17) is 0 Å². The summed E-state index contributed by atoms with van der Waals surface area (Å²) in [6, 6.07) is 8.57. The molecular weight excluding hydrogens is 302 g/mol. The predicted octanol–water partition coefficient (Wildman–Crippen LogP) is 0.940. The minimum absolute atomic E-state index is 0.196. The largest absolute Gasteiger partial charge is 0.350 e. The fourth-order valence-corrected chi connectivity index (χ4v) is 2.80. The molecule has 7 nitrogen and oxygen atoms in total. The molecule has 112 valence electrons.